The maximum Gasteiger partial charge on any atom is 0.265 e. The summed E-state index contributed by atoms with van der Waals surface area (Å²) in [6.07, 6.45) is 0.878. The van der Waals surface area contributed by atoms with E-state index in [0.29, 0.717) is 93.1 Å². The molecule has 3 aromatic heterocycles. The van der Waals surface area contributed by atoms with Crippen LogP contribution in [0.4, 0.5) is 31.5 Å². The first-order chi connectivity index (χ1) is 39.3. The van der Waals surface area contributed by atoms with Crippen LogP contribution in [0.2, 0.25) is 0 Å². The number of halogens is 2. The number of hydrogen-bond donors (Lipinski definition) is 4. The molecule has 0 bridgehead atoms. The van der Waals surface area contributed by atoms with Crippen LogP contribution in [0.3, 0.4) is 0 Å². The van der Waals surface area contributed by atoms with Crippen molar-refractivity contribution in [3.05, 3.63) is 159 Å². The number of carbonyl (C=O) groups is 4. The number of likely N-dealkylation sites (tertiary alicyclic amines) is 1. The lowest BCUT2D eigenvalue weighted by Crippen LogP contribution is -2.55. The molecule has 4 N–H and O–H groups in total. The number of aromatic nitrogens is 1. The fourth-order valence-corrected chi connectivity index (χ4v) is 12.6. The second-order valence-electron chi connectivity index (χ2n) is 20.4. The van der Waals surface area contributed by atoms with Gasteiger partial charge in [0.15, 0.2) is 23.0 Å². The lowest BCUT2D eigenvalue weighted by atomic mass is 10.1. The number of piperazine rings is 1. The molecule has 4 amide bonds. The van der Waals surface area contributed by atoms with Gasteiger partial charge in [-0.25, -0.2) is 13.8 Å². The Morgan fingerprint density at radius 1 is 0.605 bits per heavy atom. The molecular weight excluding hydrogens is 1080 g/mol. The van der Waals surface area contributed by atoms with E-state index in [1.807, 2.05) is 24.3 Å². The molecule has 8 aromatic rings. The van der Waals surface area contributed by atoms with Crippen molar-refractivity contribution in [2.45, 2.75) is 51.7 Å². The summed E-state index contributed by atoms with van der Waals surface area (Å²) < 4.78 is 59.9. The second kappa shape index (κ2) is 23.2. The van der Waals surface area contributed by atoms with E-state index >= 15 is 4.39 Å². The van der Waals surface area contributed by atoms with Gasteiger partial charge in [0.2, 0.25) is 0 Å². The molecule has 4 aliphatic rings. The Labute approximate surface area is 472 Å². The predicted molar refractivity (Wildman–Crippen MR) is 307 cm³/mol. The molecule has 2 fully saturated rings. The Morgan fingerprint density at radius 3 is 1.81 bits per heavy atom. The average molecular weight is 1140 g/mol. The number of fused-ring (bicyclic) bond motifs is 4. The second-order valence-corrected chi connectivity index (χ2v) is 22.5. The molecule has 416 valence electrons. The van der Waals surface area contributed by atoms with E-state index in [1.54, 1.807) is 42.5 Å². The highest BCUT2D eigenvalue weighted by Crippen LogP contribution is 2.35. The Bertz CT molecular complexity index is 3750. The van der Waals surface area contributed by atoms with Crippen molar-refractivity contribution in [1.82, 2.24) is 19.7 Å². The first-order valence-corrected chi connectivity index (χ1v) is 28.4. The number of ether oxygens (including phenoxy) is 5. The molecule has 0 aliphatic carbocycles. The zero-order chi connectivity index (χ0) is 55.7. The zero-order valence-electron chi connectivity index (χ0n) is 44.2. The van der Waals surface area contributed by atoms with Gasteiger partial charge in [0.25, 0.3) is 23.6 Å². The Kier molecular flexibility index (Phi) is 15.3. The van der Waals surface area contributed by atoms with Crippen molar-refractivity contribution in [1.29, 1.82) is 0 Å². The normalized spacial score (nSPS) is 17.7. The topological polar surface area (TPSA) is 185 Å². The van der Waals surface area contributed by atoms with Gasteiger partial charge < -0.3 is 45.0 Å². The summed E-state index contributed by atoms with van der Waals surface area (Å²) in [5.74, 6) is -0.988. The molecule has 0 spiro atoms. The highest BCUT2D eigenvalue weighted by molar-refractivity contribution is 7.21. The number of rotatable bonds is 15. The van der Waals surface area contributed by atoms with Gasteiger partial charge in [0, 0.05) is 84.4 Å². The van der Waals surface area contributed by atoms with Gasteiger partial charge >= 0.3 is 0 Å². The molecule has 17 nitrogen and oxygen atoms in total. The number of hydrogen-bond acceptors (Lipinski definition) is 15. The van der Waals surface area contributed by atoms with Crippen molar-refractivity contribution in [3.8, 4) is 23.0 Å². The molecule has 12 rings (SSSR count). The van der Waals surface area contributed by atoms with Crippen LogP contribution >= 0.6 is 22.7 Å². The van der Waals surface area contributed by atoms with E-state index < -0.39 is 35.3 Å². The monoisotopic (exact) mass is 1130 g/mol. The Morgan fingerprint density at radius 2 is 1.19 bits per heavy atom. The maximum absolute atomic E-state index is 15.0. The van der Waals surface area contributed by atoms with Crippen LogP contribution in [0.25, 0.3) is 20.3 Å². The van der Waals surface area contributed by atoms with Crippen molar-refractivity contribution in [2.75, 3.05) is 80.4 Å². The van der Waals surface area contributed by atoms with Gasteiger partial charge in [-0.3, -0.25) is 33.9 Å². The summed E-state index contributed by atoms with van der Waals surface area (Å²) in [5, 5.41) is 12.6. The Hall–Kier alpha value is -8.05. The van der Waals surface area contributed by atoms with Gasteiger partial charge in [0.1, 0.15) is 49.1 Å². The molecule has 81 heavy (non-hydrogen) atoms. The SMILES string of the molecule is CC(O[C@@H]1CCN(Cc2ccc3cc(C(=O)Nc4cc(NC(=O)c5ccc6c(c5)OCCO6)ccc4F)sc3n2)C1)N1CCN(Cc2ccc3cc(C(=O)Nc4cc(NC(=O)c5ccc6c(c5)OCCO6)ccc4F)sc3c2)C[C@@H]1C. The van der Waals surface area contributed by atoms with E-state index in [4.69, 9.17) is 28.7 Å². The number of pyridine rings is 1. The number of nitrogens with one attached hydrogen (secondary N) is 4. The molecule has 21 heteroatoms. The Balaban J connectivity index is 0.594. The minimum Gasteiger partial charge on any atom is -0.486 e. The third-order valence-electron chi connectivity index (χ3n) is 14.7. The van der Waals surface area contributed by atoms with Crippen molar-refractivity contribution >= 4 is 89.4 Å². The lowest BCUT2D eigenvalue weighted by Gasteiger charge is -2.43. The molecular formula is C60H56F2N8O9S2. The third kappa shape index (κ3) is 12.2. The van der Waals surface area contributed by atoms with Gasteiger partial charge in [0.05, 0.1) is 32.9 Å². The number of benzene rings is 5. The predicted octanol–water partition coefficient (Wildman–Crippen LogP) is 10.5. The minimum absolute atomic E-state index is 0.0531. The highest BCUT2D eigenvalue weighted by Gasteiger charge is 2.32. The van der Waals surface area contributed by atoms with Crippen LogP contribution in [0.15, 0.2) is 115 Å². The number of carbonyl (C=O) groups excluding carboxylic acids is 4. The van der Waals surface area contributed by atoms with Crippen LogP contribution in [0.5, 0.6) is 23.0 Å². The molecule has 2 saturated heterocycles. The van der Waals surface area contributed by atoms with Crippen molar-refractivity contribution in [3.63, 3.8) is 0 Å². The van der Waals surface area contributed by atoms with Crippen LogP contribution < -0.4 is 40.2 Å². The van der Waals surface area contributed by atoms with Crippen LogP contribution in [0.1, 0.15) is 71.6 Å². The van der Waals surface area contributed by atoms with E-state index in [2.05, 4.69) is 61.9 Å². The van der Waals surface area contributed by atoms with E-state index in [-0.39, 0.29) is 29.7 Å². The van der Waals surface area contributed by atoms with Gasteiger partial charge in [-0.15, -0.1) is 22.7 Å². The van der Waals surface area contributed by atoms with E-state index in [1.165, 1.54) is 59.1 Å². The summed E-state index contributed by atoms with van der Waals surface area (Å²) in [4.78, 5) is 66.6. The highest BCUT2D eigenvalue weighted by atomic mass is 32.1. The van der Waals surface area contributed by atoms with Crippen LogP contribution in [-0.2, 0) is 17.8 Å². The third-order valence-corrected chi connectivity index (χ3v) is 16.8. The number of amides is 4. The fraction of sp³-hybridized carbons (Fsp3) is 0.283. The molecule has 1 unspecified atom stereocenters. The summed E-state index contributed by atoms with van der Waals surface area (Å²) in [6, 6.07) is 31.7. The maximum atomic E-state index is 15.0. The quantitative estimate of drug-likeness (QED) is 0.0761. The van der Waals surface area contributed by atoms with Gasteiger partial charge in [-0.1, -0.05) is 18.2 Å². The molecule has 5 aromatic carbocycles. The van der Waals surface area contributed by atoms with Gasteiger partial charge in [-0.2, -0.15) is 0 Å². The number of anilines is 4. The van der Waals surface area contributed by atoms with Gasteiger partial charge in [-0.05, 0) is 128 Å². The lowest BCUT2D eigenvalue weighted by molar-refractivity contribution is -0.115. The van der Waals surface area contributed by atoms with Crippen LogP contribution in [-0.4, -0.2) is 121 Å². The summed E-state index contributed by atoms with van der Waals surface area (Å²) in [5.41, 5.74) is 3.19. The summed E-state index contributed by atoms with van der Waals surface area (Å²) >= 11 is 2.58. The van der Waals surface area contributed by atoms with E-state index in [9.17, 15) is 23.6 Å². The summed E-state index contributed by atoms with van der Waals surface area (Å²) in [7, 11) is 0. The first-order valence-electron chi connectivity index (χ1n) is 26.7. The number of nitrogens with zero attached hydrogens (tertiary/aromatic N) is 4. The summed E-state index contributed by atoms with van der Waals surface area (Å²) in [6.45, 7) is 11.6. The van der Waals surface area contributed by atoms with E-state index in [0.717, 1.165) is 72.4 Å². The molecule has 4 aliphatic heterocycles. The molecule has 3 atom stereocenters. The largest absolute Gasteiger partial charge is 0.486 e. The smallest absolute Gasteiger partial charge is 0.265 e. The first kappa shape index (κ1) is 53.6. The standard InChI is InChI=1S/C60H56F2N8O9S2/c1-34-30-69(31-36-3-4-37-26-54(80-53(37)23-36)58(73)66-47-28-41(9-11-45(47)61)63-56(71)38-6-13-49-51(24-38)77-21-19-75-49)17-18-70(34)35(2)79-44-15-16-68(33-44)32-43-8-5-40-27-55(81-60(40)65-43)59(74)67-48-29-42(10-12-46(48)62)64-57(72)39-7-14-50-52(25-39)78-22-20-76-50/h3-14,23-29,34-35,44H,15-22,30-33H2,1-2H3,(H,63,71)(H,64,72)(H,66,73)(H,67,74)/t34-,35?,44+/m0/s1. The van der Waals surface area contributed by atoms with Crippen molar-refractivity contribution in [2.24, 2.45) is 0 Å². The number of thiophene rings is 2. The fourth-order valence-electron chi connectivity index (χ4n) is 10.6. The molecule has 7 heterocycles. The minimum atomic E-state index is -0.645. The molecule has 0 saturated carbocycles. The van der Waals surface area contributed by atoms with Crippen LogP contribution in [0, 0.1) is 11.6 Å². The zero-order valence-corrected chi connectivity index (χ0v) is 45.9. The molecule has 0 radical (unpaired) electrons. The average Bonchev–Trinajstić information content (AvgIpc) is 4.35. The van der Waals surface area contributed by atoms with Crippen molar-refractivity contribution < 1.29 is 51.6 Å².